The molecule has 0 spiro atoms. The summed E-state index contributed by atoms with van der Waals surface area (Å²) in [5.41, 5.74) is 1.41. The van der Waals surface area contributed by atoms with Crippen LogP contribution in [0.5, 0.6) is 11.5 Å². The summed E-state index contributed by atoms with van der Waals surface area (Å²) in [5, 5.41) is 1.06. The van der Waals surface area contributed by atoms with Gasteiger partial charge in [0.2, 0.25) is 5.90 Å². The zero-order valence-electron chi connectivity index (χ0n) is 17.0. The fourth-order valence-corrected chi connectivity index (χ4v) is 3.64. The molecule has 0 unspecified atom stereocenters. The molecule has 166 valence electrons. The van der Waals surface area contributed by atoms with Gasteiger partial charge in [0.05, 0.1) is 23.3 Å². The minimum atomic E-state index is -0.619. The maximum atomic E-state index is 12.3. The van der Waals surface area contributed by atoms with Crippen LogP contribution in [-0.4, -0.2) is 24.9 Å². The maximum Gasteiger partial charge on any atom is 0.363 e. The Hall–Kier alpha value is -3.32. The van der Waals surface area contributed by atoms with Gasteiger partial charge in [-0.25, -0.2) is 14.6 Å². The molecule has 1 aliphatic heterocycles. The second-order valence-electron chi connectivity index (χ2n) is 6.76. The number of carbonyl (C=O) groups excluding carboxylic acids is 2. The van der Waals surface area contributed by atoms with E-state index in [1.165, 1.54) is 19.2 Å². The highest BCUT2D eigenvalue weighted by Gasteiger charge is 2.26. The smallest absolute Gasteiger partial charge is 0.363 e. The summed E-state index contributed by atoms with van der Waals surface area (Å²) in [5.74, 6) is -0.364. The summed E-state index contributed by atoms with van der Waals surface area (Å²) < 4.78 is 15.9. The first-order valence-corrected chi connectivity index (χ1v) is 10.6. The Labute approximate surface area is 204 Å². The number of methoxy groups -OCH3 is 1. The SMILES string of the molecule is COc1ccc(Cl)cc1C1=N/C(=C\c2ccc(OC(=O)c3ccc(Cl)cc3Cl)cc2)C(=O)O1. The molecule has 6 nitrogen and oxygen atoms in total. The Bertz CT molecular complexity index is 1320. The van der Waals surface area contributed by atoms with Gasteiger partial charge in [0.25, 0.3) is 0 Å². The van der Waals surface area contributed by atoms with Crippen LogP contribution >= 0.6 is 34.8 Å². The zero-order chi connectivity index (χ0) is 23.5. The highest BCUT2D eigenvalue weighted by molar-refractivity contribution is 6.36. The first-order chi connectivity index (χ1) is 15.8. The van der Waals surface area contributed by atoms with Gasteiger partial charge in [-0.3, -0.25) is 0 Å². The van der Waals surface area contributed by atoms with Gasteiger partial charge in [-0.05, 0) is 60.2 Å². The molecular weight excluding hydrogens is 489 g/mol. The molecule has 0 radical (unpaired) electrons. The Morgan fingerprint density at radius 2 is 1.67 bits per heavy atom. The summed E-state index contributed by atoms with van der Waals surface area (Å²) in [6.07, 6.45) is 1.55. The zero-order valence-corrected chi connectivity index (χ0v) is 19.2. The van der Waals surface area contributed by atoms with Gasteiger partial charge in [0.1, 0.15) is 11.5 Å². The van der Waals surface area contributed by atoms with Gasteiger partial charge >= 0.3 is 11.9 Å². The number of esters is 2. The number of halogens is 3. The fourth-order valence-electron chi connectivity index (χ4n) is 2.98. The highest BCUT2D eigenvalue weighted by Crippen LogP contribution is 2.28. The van der Waals surface area contributed by atoms with Crippen molar-refractivity contribution >= 4 is 58.7 Å². The molecule has 0 saturated carbocycles. The van der Waals surface area contributed by atoms with Crippen LogP contribution in [0.2, 0.25) is 15.1 Å². The van der Waals surface area contributed by atoms with Crippen molar-refractivity contribution in [1.82, 2.24) is 0 Å². The molecule has 1 aliphatic rings. The molecule has 0 fully saturated rings. The van der Waals surface area contributed by atoms with Crippen molar-refractivity contribution in [2.24, 2.45) is 4.99 Å². The maximum absolute atomic E-state index is 12.3. The lowest BCUT2D eigenvalue weighted by atomic mass is 10.2. The summed E-state index contributed by atoms with van der Waals surface area (Å²) >= 11 is 17.9. The van der Waals surface area contributed by atoms with Crippen LogP contribution in [0.25, 0.3) is 6.08 Å². The largest absolute Gasteiger partial charge is 0.496 e. The fraction of sp³-hybridized carbons (Fsp3) is 0.0417. The van der Waals surface area contributed by atoms with Gasteiger partial charge in [0, 0.05) is 10.0 Å². The van der Waals surface area contributed by atoms with E-state index in [1.807, 2.05) is 0 Å². The molecule has 4 rings (SSSR count). The third-order valence-electron chi connectivity index (χ3n) is 4.56. The Balaban J connectivity index is 1.52. The van der Waals surface area contributed by atoms with Crippen molar-refractivity contribution < 1.29 is 23.8 Å². The lowest BCUT2D eigenvalue weighted by molar-refractivity contribution is -0.129. The van der Waals surface area contributed by atoms with Crippen LogP contribution in [0, 0.1) is 0 Å². The lowest BCUT2D eigenvalue weighted by Gasteiger charge is -2.07. The van der Waals surface area contributed by atoms with Gasteiger partial charge < -0.3 is 14.2 Å². The first-order valence-electron chi connectivity index (χ1n) is 9.48. The molecule has 9 heteroatoms. The van der Waals surface area contributed by atoms with E-state index >= 15 is 0 Å². The molecule has 0 amide bonds. The molecule has 0 bridgehead atoms. The van der Waals surface area contributed by atoms with Crippen molar-refractivity contribution in [2.75, 3.05) is 7.11 Å². The number of rotatable bonds is 5. The predicted molar refractivity (Wildman–Crippen MR) is 126 cm³/mol. The van der Waals surface area contributed by atoms with Crippen LogP contribution in [0.1, 0.15) is 21.5 Å². The molecule has 33 heavy (non-hydrogen) atoms. The Morgan fingerprint density at radius 3 is 2.36 bits per heavy atom. The number of hydrogen-bond donors (Lipinski definition) is 0. The number of aliphatic imine (C=N–C) groups is 1. The van der Waals surface area contributed by atoms with E-state index in [0.29, 0.717) is 32.7 Å². The van der Waals surface area contributed by atoms with Gasteiger partial charge in [-0.1, -0.05) is 46.9 Å². The number of cyclic esters (lactones) is 1. The van der Waals surface area contributed by atoms with Gasteiger partial charge in [-0.15, -0.1) is 0 Å². The van der Waals surface area contributed by atoms with Crippen molar-refractivity contribution in [3.63, 3.8) is 0 Å². The molecular formula is C24H14Cl3NO5. The van der Waals surface area contributed by atoms with Crippen molar-refractivity contribution in [3.8, 4) is 11.5 Å². The van der Waals surface area contributed by atoms with Crippen LogP contribution in [0.4, 0.5) is 0 Å². The van der Waals surface area contributed by atoms with Gasteiger partial charge in [0.15, 0.2) is 5.70 Å². The molecule has 3 aromatic carbocycles. The third-order valence-corrected chi connectivity index (χ3v) is 5.34. The minimum Gasteiger partial charge on any atom is -0.496 e. The van der Waals surface area contributed by atoms with Crippen molar-refractivity contribution in [2.45, 2.75) is 0 Å². The molecule has 0 aromatic heterocycles. The standard InChI is InChI=1S/C24H14Cl3NO5/c1-31-21-9-5-14(25)11-18(21)22-28-20(24(30)33-22)10-13-2-6-16(7-3-13)32-23(29)17-8-4-15(26)12-19(17)27/h2-12H,1H3/b20-10-. The van der Waals surface area contributed by atoms with Crippen LogP contribution in [0.15, 0.2) is 71.4 Å². The van der Waals surface area contributed by atoms with Crippen molar-refractivity contribution in [1.29, 1.82) is 0 Å². The van der Waals surface area contributed by atoms with E-state index < -0.39 is 11.9 Å². The van der Waals surface area contributed by atoms with E-state index in [-0.39, 0.29) is 22.2 Å². The number of benzene rings is 3. The number of ether oxygens (including phenoxy) is 3. The summed E-state index contributed by atoms with van der Waals surface area (Å²) in [6.45, 7) is 0. The molecule has 3 aromatic rings. The number of nitrogens with zero attached hydrogens (tertiary/aromatic N) is 1. The molecule has 0 N–H and O–H groups in total. The topological polar surface area (TPSA) is 74.2 Å². The Kier molecular flexibility index (Phi) is 6.70. The molecule has 0 atom stereocenters. The second kappa shape index (κ2) is 9.67. The van der Waals surface area contributed by atoms with Crippen LogP contribution in [-0.2, 0) is 9.53 Å². The van der Waals surface area contributed by atoms with Gasteiger partial charge in [-0.2, -0.15) is 0 Å². The monoisotopic (exact) mass is 501 g/mol. The second-order valence-corrected chi connectivity index (χ2v) is 8.04. The quantitative estimate of drug-likeness (QED) is 0.235. The highest BCUT2D eigenvalue weighted by atomic mass is 35.5. The first kappa shape index (κ1) is 22.9. The lowest BCUT2D eigenvalue weighted by Crippen LogP contribution is -2.09. The Morgan fingerprint density at radius 1 is 0.970 bits per heavy atom. The summed E-state index contributed by atoms with van der Waals surface area (Å²) in [6, 6.07) is 15.9. The van der Waals surface area contributed by atoms with E-state index in [0.717, 1.165) is 0 Å². The summed E-state index contributed by atoms with van der Waals surface area (Å²) in [7, 11) is 1.50. The van der Waals surface area contributed by atoms with E-state index in [1.54, 1.807) is 54.6 Å². The normalized spacial score (nSPS) is 14.1. The van der Waals surface area contributed by atoms with Crippen molar-refractivity contribution in [3.05, 3.63) is 98.1 Å². The minimum absolute atomic E-state index is 0.0935. The molecule has 1 heterocycles. The van der Waals surface area contributed by atoms with E-state index in [2.05, 4.69) is 4.99 Å². The number of hydrogen-bond acceptors (Lipinski definition) is 6. The van der Waals surface area contributed by atoms with E-state index in [9.17, 15) is 9.59 Å². The third kappa shape index (κ3) is 5.20. The van der Waals surface area contributed by atoms with Crippen LogP contribution in [0.3, 0.4) is 0 Å². The average Bonchev–Trinajstić information content (AvgIpc) is 3.15. The van der Waals surface area contributed by atoms with Crippen LogP contribution < -0.4 is 9.47 Å². The molecule has 0 saturated heterocycles. The number of carbonyl (C=O) groups is 2. The predicted octanol–water partition coefficient (Wildman–Crippen LogP) is 6.22. The average molecular weight is 503 g/mol. The van der Waals surface area contributed by atoms with E-state index in [4.69, 9.17) is 49.0 Å². The molecule has 0 aliphatic carbocycles. The summed E-state index contributed by atoms with van der Waals surface area (Å²) in [4.78, 5) is 28.9.